The predicted octanol–water partition coefficient (Wildman–Crippen LogP) is 5.98. The molecule has 0 aliphatic carbocycles. The van der Waals surface area contributed by atoms with Crippen LogP contribution in [0.1, 0.15) is 79.1 Å². The van der Waals surface area contributed by atoms with Gasteiger partial charge in [0.25, 0.3) is 0 Å². The Morgan fingerprint density at radius 2 is 1.56 bits per heavy atom. The Morgan fingerprint density at radius 1 is 0.938 bits per heavy atom. The molecule has 0 heteroatoms. The van der Waals surface area contributed by atoms with Crippen molar-refractivity contribution in [1.29, 1.82) is 0 Å². The summed E-state index contributed by atoms with van der Waals surface area (Å²) in [4.78, 5) is 0. The van der Waals surface area contributed by atoms with Gasteiger partial charge in [0.2, 0.25) is 0 Å². The van der Waals surface area contributed by atoms with E-state index in [4.69, 9.17) is 0 Å². The van der Waals surface area contributed by atoms with Gasteiger partial charge in [-0.15, -0.1) is 0 Å². The second-order valence-corrected chi connectivity index (χ2v) is 5.40. The third-order valence-electron chi connectivity index (χ3n) is 3.35. The third-order valence-corrected chi connectivity index (χ3v) is 3.35. The van der Waals surface area contributed by atoms with Crippen LogP contribution in [0, 0.1) is 11.8 Å². The van der Waals surface area contributed by atoms with E-state index in [2.05, 4.69) is 39.8 Å². The lowest BCUT2D eigenvalue weighted by molar-refractivity contribution is 0.416. The molecule has 0 aromatic rings. The zero-order valence-corrected chi connectivity index (χ0v) is 12.0. The van der Waals surface area contributed by atoms with E-state index in [-0.39, 0.29) is 0 Å². The fraction of sp³-hybridized carbons (Fsp3) is 0.875. The van der Waals surface area contributed by atoms with Crippen LogP contribution in [0.3, 0.4) is 0 Å². The van der Waals surface area contributed by atoms with Gasteiger partial charge >= 0.3 is 0 Å². The molecule has 0 aliphatic rings. The van der Waals surface area contributed by atoms with Crippen LogP contribution in [0.15, 0.2) is 12.2 Å². The molecule has 0 aliphatic heterocycles. The molecule has 2 atom stereocenters. The van der Waals surface area contributed by atoms with E-state index in [0.717, 1.165) is 11.8 Å². The average Bonchev–Trinajstić information content (AvgIpc) is 2.23. The minimum absolute atomic E-state index is 0.764. The van der Waals surface area contributed by atoms with Crippen LogP contribution >= 0.6 is 0 Å². The zero-order valence-electron chi connectivity index (χ0n) is 12.0. The van der Waals surface area contributed by atoms with Gasteiger partial charge in [-0.25, -0.2) is 0 Å². The summed E-state index contributed by atoms with van der Waals surface area (Å²) in [5, 5.41) is 0. The largest absolute Gasteiger partial charge is 0.0914 e. The number of hydrogen-bond donors (Lipinski definition) is 0. The van der Waals surface area contributed by atoms with Crippen LogP contribution in [-0.2, 0) is 0 Å². The van der Waals surface area contributed by atoms with Crippen molar-refractivity contribution in [3.8, 4) is 0 Å². The van der Waals surface area contributed by atoms with E-state index in [1.54, 1.807) is 0 Å². The van der Waals surface area contributed by atoms with Crippen molar-refractivity contribution < 1.29 is 0 Å². The van der Waals surface area contributed by atoms with Gasteiger partial charge in [-0.1, -0.05) is 77.9 Å². The molecule has 0 rings (SSSR count). The number of unbranched alkanes of at least 4 members (excludes halogenated alkanes) is 5. The van der Waals surface area contributed by atoms with Gasteiger partial charge in [0.1, 0.15) is 0 Å². The highest BCUT2D eigenvalue weighted by Crippen LogP contribution is 2.19. The molecule has 0 bridgehead atoms. The normalized spacial score (nSPS) is 15.5. The summed E-state index contributed by atoms with van der Waals surface area (Å²) in [6.07, 6.45) is 15.9. The zero-order chi connectivity index (χ0) is 12.2. The summed E-state index contributed by atoms with van der Waals surface area (Å²) < 4.78 is 0. The van der Waals surface area contributed by atoms with Crippen molar-refractivity contribution in [1.82, 2.24) is 0 Å². The van der Waals surface area contributed by atoms with Crippen molar-refractivity contribution in [2.75, 3.05) is 0 Å². The van der Waals surface area contributed by atoms with Crippen molar-refractivity contribution in [3.05, 3.63) is 12.2 Å². The van der Waals surface area contributed by atoms with Gasteiger partial charge in [0.15, 0.2) is 0 Å². The van der Waals surface area contributed by atoms with E-state index >= 15 is 0 Å². The van der Waals surface area contributed by atoms with E-state index in [1.807, 2.05) is 0 Å². The first kappa shape index (κ1) is 15.7. The van der Waals surface area contributed by atoms with Crippen LogP contribution in [0.4, 0.5) is 0 Å². The molecule has 0 saturated carbocycles. The van der Waals surface area contributed by atoms with E-state index in [0.29, 0.717) is 0 Å². The fourth-order valence-electron chi connectivity index (χ4n) is 2.43. The molecular weight excluding hydrogens is 192 g/mol. The summed E-state index contributed by atoms with van der Waals surface area (Å²) in [5.74, 6) is 1.66. The summed E-state index contributed by atoms with van der Waals surface area (Å²) in [6.45, 7) is 9.14. The Bertz CT molecular complexity index is 157. The predicted molar refractivity (Wildman–Crippen MR) is 75.8 cm³/mol. The van der Waals surface area contributed by atoms with Crippen LogP contribution in [0.25, 0.3) is 0 Å². The van der Waals surface area contributed by atoms with E-state index < -0.39 is 0 Å². The summed E-state index contributed by atoms with van der Waals surface area (Å²) in [5.41, 5.74) is 0. The Morgan fingerprint density at radius 3 is 2.19 bits per heavy atom. The SMILES string of the molecule is C/C=C/C(C)CC(C)CCCCCCCC. The van der Waals surface area contributed by atoms with Crippen molar-refractivity contribution in [2.45, 2.75) is 79.1 Å². The van der Waals surface area contributed by atoms with Crippen molar-refractivity contribution in [3.63, 3.8) is 0 Å². The molecule has 0 amide bonds. The van der Waals surface area contributed by atoms with Crippen LogP contribution < -0.4 is 0 Å². The maximum atomic E-state index is 2.41. The molecule has 0 aromatic carbocycles. The molecule has 0 spiro atoms. The quantitative estimate of drug-likeness (QED) is 0.316. The molecular formula is C16H32. The molecule has 0 heterocycles. The molecule has 2 unspecified atom stereocenters. The number of allylic oxidation sites excluding steroid dienone is 2. The first-order valence-electron chi connectivity index (χ1n) is 7.33. The second kappa shape index (κ2) is 11.2. The van der Waals surface area contributed by atoms with E-state index in [9.17, 15) is 0 Å². The topological polar surface area (TPSA) is 0 Å². The maximum absolute atomic E-state index is 2.41. The van der Waals surface area contributed by atoms with Gasteiger partial charge < -0.3 is 0 Å². The monoisotopic (exact) mass is 224 g/mol. The summed E-state index contributed by atoms with van der Waals surface area (Å²) >= 11 is 0. The van der Waals surface area contributed by atoms with Gasteiger partial charge in [-0.05, 0) is 25.2 Å². The summed E-state index contributed by atoms with van der Waals surface area (Å²) in [7, 11) is 0. The van der Waals surface area contributed by atoms with Gasteiger partial charge in [-0.3, -0.25) is 0 Å². The molecule has 0 nitrogen and oxygen atoms in total. The Balaban J connectivity index is 3.33. The number of hydrogen-bond acceptors (Lipinski definition) is 0. The van der Waals surface area contributed by atoms with Crippen molar-refractivity contribution >= 4 is 0 Å². The highest BCUT2D eigenvalue weighted by atomic mass is 14.1. The Kier molecular flexibility index (Phi) is 11.0. The first-order chi connectivity index (χ1) is 7.70. The maximum Gasteiger partial charge on any atom is -0.0260 e. The van der Waals surface area contributed by atoms with E-state index in [1.165, 1.54) is 51.4 Å². The Labute approximate surface area is 104 Å². The third kappa shape index (κ3) is 10.3. The van der Waals surface area contributed by atoms with Crippen LogP contribution in [0.2, 0.25) is 0 Å². The minimum Gasteiger partial charge on any atom is -0.0914 e. The standard InChI is InChI=1S/C16H32/c1-5-7-8-9-10-11-13-16(4)14-15(3)12-6-2/h6,12,15-16H,5,7-11,13-14H2,1-4H3/b12-6+. The lowest BCUT2D eigenvalue weighted by Crippen LogP contribution is -2.01. The Hall–Kier alpha value is -0.260. The van der Waals surface area contributed by atoms with Crippen LogP contribution in [-0.4, -0.2) is 0 Å². The highest BCUT2D eigenvalue weighted by molar-refractivity contribution is 4.83. The van der Waals surface area contributed by atoms with Crippen molar-refractivity contribution in [2.24, 2.45) is 11.8 Å². The highest BCUT2D eigenvalue weighted by Gasteiger charge is 2.05. The average molecular weight is 224 g/mol. The van der Waals surface area contributed by atoms with Crippen LogP contribution in [0.5, 0.6) is 0 Å². The molecule has 16 heavy (non-hydrogen) atoms. The molecule has 0 radical (unpaired) electrons. The second-order valence-electron chi connectivity index (χ2n) is 5.40. The summed E-state index contributed by atoms with van der Waals surface area (Å²) in [6, 6.07) is 0. The fourth-order valence-corrected chi connectivity index (χ4v) is 2.43. The van der Waals surface area contributed by atoms with Gasteiger partial charge in [0.05, 0.1) is 0 Å². The minimum atomic E-state index is 0.764. The van der Waals surface area contributed by atoms with Gasteiger partial charge in [0, 0.05) is 0 Å². The molecule has 0 N–H and O–H groups in total. The lowest BCUT2D eigenvalue weighted by Gasteiger charge is -2.14. The molecule has 0 aromatic heterocycles. The molecule has 0 saturated heterocycles. The molecule has 0 fully saturated rings. The number of rotatable bonds is 10. The van der Waals surface area contributed by atoms with Gasteiger partial charge in [-0.2, -0.15) is 0 Å². The molecule has 96 valence electrons. The first-order valence-corrected chi connectivity index (χ1v) is 7.33. The lowest BCUT2D eigenvalue weighted by atomic mass is 9.92. The smallest absolute Gasteiger partial charge is 0.0260 e.